The number of nitrogens with one attached hydrogen (secondary N) is 1. The van der Waals surface area contributed by atoms with E-state index in [0.29, 0.717) is 6.42 Å². The molecule has 184 valence electrons. The number of esters is 1. The lowest BCUT2D eigenvalue weighted by molar-refractivity contribution is -0.154. The average Bonchev–Trinajstić information content (AvgIpc) is 2.68. The fraction of sp³-hybridized carbons (Fsp3) is 0.708. The predicted octanol–water partition coefficient (Wildman–Crippen LogP) is 1.13. The molecular formula is C24H41NO7. The van der Waals surface area contributed by atoms with E-state index < -0.39 is 37.0 Å². The predicted molar refractivity (Wildman–Crippen MR) is 123 cm³/mol. The highest BCUT2D eigenvalue weighted by Gasteiger charge is 2.31. The Morgan fingerprint density at radius 3 is 1.84 bits per heavy atom. The van der Waals surface area contributed by atoms with Crippen molar-refractivity contribution >= 4 is 5.97 Å². The lowest BCUT2D eigenvalue weighted by atomic mass is 9.78. The Bertz CT molecular complexity index is 717. The van der Waals surface area contributed by atoms with Crippen molar-refractivity contribution in [1.82, 2.24) is 5.32 Å². The number of carbonyl (C=O) groups excluding carboxylic acids is 1. The van der Waals surface area contributed by atoms with Gasteiger partial charge in [-0.25, -0.2) is 0 Å². The van der Waals surface area contributed by atoms with E-state index in [9.17, 15) is 30.3 Å². The van der Waals surface area contributed by atoms with Crippen LogP contribution in [-0.4, -0.2) is 76.1 Å². The highest BCUT2D eigenvalue weighted by Crippen LogP contribution is 2.40. The van der Waals surface area contributed by atoms with Crippen molar-refractivity contribution in [1.29, 1.82) is 0 Å². The highest BCUT2D eigenvalue weighted by molar-refractivity contribution is 5.69. The summed E-state index contributed by atoms with van der Waals surface area (Å²) < 4.78 is 5.05. The van der Waals surface area contributed by atoms with Gasteiger partial charge in [-0.05, 0) is 41.0 Å². The van der Waals surface area contributed by atoms with Gasteiger partial charge >= 0.3 is 5.97 Å². The minimum absolute atomic E-state index is 0.0322. The number of aliphatic hydroxyl groups excluding tert-OH is 4. The van der Waals surface area contributed by atoms with Crippen LogP contribution >= 0.6 is 0 Å². The lowest BCUT2D eigenvalue weighted by Gasteiger charge is -2.28. The highest BCUT2D eigenvalue weighted by atomic mass is 16.5. The molecule has 0 spiro atoms. The zero-order chi connectivity index (χ0) is 24.9. The summed E-state index contributed by atoms with van der Waals surface area (Å²) in [6, 6.07) is 3.80. The molecule has 1 aromatic carbocycles. The van der Waals surface area contributed by atoms with Crippen LogP contribution in [0.4, 0.5) is 0 Å². The Hall–Kier alpha value is -1.71. The summed E-state index contributed by atoms with van der Waals surface area (Å²) in [5.74, 6) is -0.295. The molecule has 32 heavy (non-hydrogen) atoms. The van der Waals surface area contributed by atoms with E-state index in [1.807, 2.05) is 53.7 Å². The third-order valence-corrected chi connectivity index (χ3v) is 5.37. The molecule has 0 amide bonds. The second kappa shape index (κ2) is 11.4. The van der Waals surface area contributed by atoms with Gasteiger partial charge in [0.2, 0.25) is 0 Å². The van der Waals surface area contributed by atoms with Gasteiger partial charge in [0.05, 0.1) is 6.10 Å². The number of phenols is 1. The second-order valence-electron chi connectivity index (χ2n) is 10.4. The van der Waals surface area contributed by atoms with Crippen LogP contribution < -0.4 is 5.32 Å². The number of aryl methyl sites for hydroxylation is 1. The topological polar surface area (TPSA) is 139 Å². The maximum Gasteiger partial charge on any atom is 0.306 e. The van der Waals surface area contributed by atoms with Crippen LogP contribution in [0.5, 0.6) is 5.75 Å². The standard InChI is InChI=1S/C24H41NO7/c1-23(2,3)15-10-14(11-16(20(15)29)24(4,5)6)8-9-19(28)32-13-18(27)22(31)21(30)17(26)12-25-7/h10-11,17-18,21-22,25-27,29-31H,8-9,12-13H2,1-7H3/t17-,18-,21+,22-/m1/s1. The number of hydrogen-bond acceptors (Lipinski definition) is 8. The van der Waals surface area contributed by atoms with Crippen LogP contribution in [0.25, 0.3) is 0 Å². The first-order valence-electron chi connectivity index (χ1n) is 11.0. The molecule has 0 aliphatic rings. The molecule has 0 aromatic heterocycles. The normalized spacial score (nSPS) is 16.3. The molecule has 0 saturated carbocycles. The molecule has 0 radical (unpaired) electrons. The van der Waals surface area contributed by atoms with E-state index in [1.165, 1.54) is 0 Å². The van der Waals surface area contributed by atoms with Crippen molar-refractivity contribution in [2.24, 2.45) is 0 Å². The molecular weight excluding hydrogens is 414 g/mol. The number of aromatic hydroxyl groups is 1. The van der Waals surface area contributed by atoms with Gasteiger partial charge in [-0.2, -0.15) is 0 Å². The van der Waals surface area contributed by atoms with Crippen molar-refractivity contribution in [3.8, 4) is 5.75 Å². The van der Waals surface area contributed by atoms with E-state index in [-0.39, 0.29) is 29.5 Å². The number of likely N-dealkylation sites (N-methyl/N-ethyl adjacent to an activating group) is 1. The van der Waals surface area contributed by atoms with Gasteiger partial charge in [0.1, 0.15) is 30.7 Å². The number of rotatable bonds is 10. The third kappa shape index (κ3) is 8.01. The fourth-order valence-corrected chi connectivity index (χ4v) is 3.36. The zero-order valence-electron chi connectivity index (χ0n) is 20.3. The molecule has 6 N–H and O–H groups in total. The summed E-state index contributed by atoms with van der Waals surface area (Å²) >= 11 is 0. The summed E-state index contributed by atoms with van der Waals surface area (Å²) in [7, 11) is 1.57. The van der Waals surface area contributed by atoms with Crippen molar-refractivity contribution < 1.29 is 35.1 Å². The monoisotopic (exact) mass is 455 g/mol. The Labute approximate surface area is 191 Å². The minimum atomic E-state index is -1.66. The molecule has 0 fully saturated rings. The minimum Gasteiger partial charge on any atom is -0.507 e. The SMILES string of the molecule is CNC[C@@H](O)[C@H](O)[C@H](O)[C@H](O)COC(=O)CCc1cc(C(C)(C)C)c(O)c(C(C)(C)C)c1. The van der Waals surface area contributed by atoms with Gasteiger partial charge in [0, 0.05) is 13.0 Å². The Morgan fingerprint density at radius 1 is 0.938 bits per heavy atom. The van der Waals surface area contributed by atoms with Crippen molar-refractivity contribution in [2.75, 3.05) is 20.2 Å². The number of phenolic OH excluding ortho intramolecular Hbond substituents is 1. The van der Waals surface area contributed by atoms with Crippen molar-refractivity contribution in [3.63, 3.8) is 0 Å². The maximum atomic E-state index is 12.2. The Balaban J connectivity index is 2.79. The van der Waals surface area contributed by atoms with Gasteiger partial charge in [0.15, 0.2) is 0 Å². The number of ether oxygens (including phenoxy) is 1. The van der Waals surface area contributed by atoms with Gasteiger partial charge in [0.25, 0.3) is 0 Å². The number of benzene rings is 1. The quantitative estimate of drug-likeness (QED) is 0.289. The van der Waals surface area contributed by atoms with E-state index in [2.05, 4.69) is 5.32 Å². The summed E-state index contributed by atoms with van der Waals surface area (Å²) in [5, 5.41) is 52.9. The summed E-state index contributed by atoms with van der Waals surface area (Å²) in [6.07, 6.45) is -5.62. The zero-order valence-corrected chi connectivity index (χ0v) is 20.3. The van der Waals surface area contributed by atoms with Crippen molar-refractivity contribution in [3.05, 3.63) is 28.8 Å². The van der Waals surface area contributed by atoms with Crippen LogP contribution in [0.1, 0.15) is 64.7 Å². The molecule has 0 saturated heterocycles. The largest absolute Gasteiger partial charge is 0.507 e. The van der Waals surface area contributed by atoms with E-state index in [4.69, 9.17) is 4.74 Å². The molecule has 0 heterocycles. The first-order chi connectivity index (χ1) is 14.6. The van der Waals surface area contributed by atoms with Crippen LogP contribution in [0.3, 0.4) is 0 Å². The van der Waals surface area contributed by atoms with Gasteiger partial charge in [-0.3, -0.25) is 4.79 Å². The van der Waals surface area contributed by atoms with Crippen LogP contribution in [0, 0.1) is 0 Å². The van der Waals surface area contributed by atoms with Gasteiger partial charge < -0.3 is 35.6 Å². The van der Waals surface area contributed by atoms with Gasteiger partial charge in [-0.1, -0.05) is 53.7 Å². The first kappa shape index (κ1) is 28.3. The van der Waals surface area contributed by atoms with E-state index >= 15 is 0 Å². The number of aliphatic hydroxyl groups is 4. The van der Waals surface area contributed by atoms with Crippen LogP contribution in [-0.2, 0) is 26.8 Å². The smallest absolute Gasteiger partial charge is 0.306 e. The summed E-state index contributed by atoms with van der Waals surface area (Å²) in [6.45, 7) is 11.6. The Kier molecular flexibility index (Phi) is 10.1. The maximum absolute atomic E-state index is 12.2. The molecule has 0 aliphatic heterocycles. The van der Waals surface area contributed by atoms with Gasteiger partial charge in [-0.15, -0.1) is 0 Å². The van der Waals surface area contributed by atoms with E-state index in [1.54, 1.807) is 7.05 Å². The van der Waals surface area contributed by atoms with Crippen LogP contribution in [0.2, 0.25) is 0 Å². The second-order valence-corrected chi connectivity index (χ2v) is 10.4. The Morgan fingerprint density at radius 2 is 1.41 bits per heavy atom. The molecule has 0 aliphatic carbocycles. The molecule has 8 heteroatoms. The molecule has 0 bridgehead atoms. The average molecular weight is 456 g/mol. The number of carbonyl (C=O) groups is 1. The molecule has 0 unspecified atom stereocenters. The first-order valence-corrected chi connectivity index (χ1v) is 11.0. The molecule has 4 atom stereocenters. The molecule has 1 rings (SSSR count). The molecule has 1 aromatic rings. The molecule has 8 nitrogen and oxygen atoms in total. The summed E-state index contributed by atoms with van der Waals surface area (Å²) in [5.41, 5.74) is 1.95. The number of hydrogen-bond donors (Lipinski definition) is 6. The van der Waals surface area contributed by atoms with Crippen LogP contribution in [0.15, 0.2) is 12.1 Å². The fourth-order valence-electron chi connectivity index (χ4n) is 3.36. The van der Waals surface area contributed by atoms with E-state index in [0.717, 1.165) is 16.7 Å². The van der Waals surface area contributed by atoms with Crippen molar-refractivity contribution in [2.45, 2.75) is 89.6 Å². The third-order valence-electron chi connectivity index (χ3n) is 5.37. The lowest BCUT2D eigenvalue weighted by Crippen LogP contribution is -2.49. The summed E-state index contributed by atoms with van der Waals surface area (Å²) in [4.78, 5) is 12.2.